The van der Waals surface area contributed by atoms with Gasteiger partial charge in [0.25, 0.3) is 0 Å². The fourth-order valence-electron chi connectivity index (χ4n) is 5.87. The standard InChI is InChI=1S/C22H33NO/c1-15-9-10-20(21(24)11-15)22(2,3)23-13-17-12-18(19(17)14-23)16-7-5-4-6-8-16/h4-8,15,17-21,24H,9-14H2,1-3H3/t15-,17-,18-,19+,20-,21-/m1/s1. The third-order valence-corrected chi connectivity index (χ3v) is 7.59. The van der Waals surface area contributed by atoms with Crippen LogP contribution in [0.1, 0.15) is 57.9 Å². The van der Waals surface area contributed by atoms with Crippen LogP contribution in [0.4, 0.5) is 0 Å². The lowest BCUT2D eigenvalue weighted by atomic mass is 9.64. The Morgan fingerprint density at radius 1 is 1.04 bits per heavy atom. The highest BCUT2D eigenvalue weighted by molar-refractivity contribution is 5.25. The van der Waals surface area contributed by atoms with E-state index < -0.39 is 0 Å². The van der Waals surface area contributed by atoms with Crippen LogP contribution in [0.15, 0.2) is 30.3 Å². The molecule has 0 amide bonds. The number of hydrogen-bond donors (Lipinski definition) is 1. The molecule has 0 bridgehead atoms. The summed E-state index contributed by atoms with van der Waals surface area (Å²) in [4.78, 5) is 2.72. The molecule has 1 aliphatic heterocycles. The number of rotatable bonds is 3. The Labute approximate surface area is 147 Å². The monoisotopic (exact) mass is 327 g/mol. The van der Waals surface area contributed by atoms with Crippen LogP contribution >= 0.6 is 0 Å². The Morgan fingerprint density at radius 3 is 2.50 bits per heavy atom. The van der Waals surface area contributed by atoms with Crippen molar-refractivity contribution in [2.45, 2.75) is 64.0 Å². The van der Waals surface area contributed by atoms with Crippen molar-refractivity contribution in [3.8, 4) is 0 Å². The molecule has 6 atom stereocenters. The molecule has 1 aromatic carbocycles. The van der Waals surface area contributed by atoms with E-state index in [9.17, 15) is 5.11 Å². The SMILES string of the molecule is C[C@@H]1CC[C@@H](C(C)(C)N2C[C@H]3C[C@H](c4ccccc4)[C@H]3C2)[C@H](O)C1. The summed E-state index contributed by atoms with van der Waals surface area (Å²) >= 11 is 0. The van der Waals surface area contributed by atoms with Crippen molar-refractivity contribution in [3.05, 3.63) is 35.9 Å². The molecule has 0 aromatic heterocycles. The van der Waals surface area contributed by atoms with Gasteiger partial charge in [-0.3, -0.25) is 4.90 Å². The fraction of sp³-hybridized carbons (Fsp3) is 0.727. The third kappa shape index (κ3) is 2.72. The summed E-state index contributed by atoms with van der Waals surface area (Å²) in [6.45, 7) is 9.51. The van der Waals surface area contributed by atoms with E-state index in [1.54, 1.807) is 0 Å². The molecule has 2 saturated carbocycles. The summed E-state index contributed by atoms with van der Waals surface area (Å²) in [5.41, 5.74) is 1.66. The Kier molecular flexibility index (Phi) is 4.25. The lowest BCUT2D eigenvalue weighted by Crippen LogP contribution is -2.53. The van der Waals surface area contributed by atoms with Gasteiger partial charge in [-0.15, -0.1) is 0 Å². The molecule has 1 saturated heterocycles. The number of aliphatic hydroxyl groups is 1. The van der Waals surface area contributed by atoms with E-state index in [2.05, 4.69) is 56.0 Å². The molecule has 3 aliphatic rings. The normalized spacial score (nSPS) is 40.2. The van der Waals surface area contributed by atoms with Crippen LogP contribution < -0.4 is 0 Å². The van der Waals surface area contributed by atoms with Crippen molar-refractivity contribution in [1.29, 1.82) is 0 Å². The van der Waals surface area contributed by atoms with Crippen molar-refractivity contribution >= 4 is 0 Å². The number of fused-ring (bicyclic) bond motifs is 1. The zero-order valence-corrected chi connectivity index (χ0v) is 15.5. The summed E-state index contributed by atoms with van der Waals surface area (Å²) in [6, 6.07) is 11.1. The van der Waals surface area contributed by atoms with Gasteiger partial charge in [-0.25, -0.2) is 0 Å². The average Bonchev–Trinajstić information content (AvgIpc) is 2.86. The number of aliphatic hydroxyl groups excluding tert-OH is 1. The fourth-order valence-corrected chi connectivity index (χ4v) is 5.87. The van der Waals surface area contributed by atoms with Gasteiger partial charge in [0, 0.05) is 24.5 Å². The van der Waals surface area contributed by atoms with E-state index in [0.29, 0.717) is 11.8 Å². The van der Waals surface area contributed by atoms with Gasteiger partial charge in [0.2, 0.25) is 0 Å². The molecule has 0 spiro atoms. The molecule has 3 fully saturated rings. The van der Waals surface area contributed by atoms with Gasteiger partial charge in [0.1, 0.15) is 0 Å². The van der Waals surface area contributed by atoms with E-state index in [4.69, 9.17) is 0 Å². The van der Waals surface area contributed by atoms with Crippen molar-refractivity contribution in [1.82, 2.24) is 4.90 Å². The lowest BCUT2D eigenvalue weighted by molar-refractivity contribution is -0.0378. The van der Waals surface area contributed by atoms with Gasteiger partial charge in [0.05, 0.1) is 6.10 Å². The predicted octanol–water partition coefficient (Wildman–Crippen LogP) is 4.30. The first-order valence-electron chi connectivity index (χ1n) is 9.95. The number of likely N-dealkylation sites (tertiary alicyclic amines) is 1. The van der Waals surface area contributed by atoms with Crippen LogP contribution in [0.3, 0.4) is 0 Å². The summed E-state index contributed by atoms with van der Waals surface area (Å²) in [5.74, 6) is 3.57. The van der Waals surface area contributed by atoms with Crippen LogP contribution in [0.25, 0.3) is 0 Å². The summed E-state index contributed by atoms with van der Waals surface area (Å²) < 4.78 is 0. The molecular weight excluding hydrogens is 294 g/mol. The molecule has 4 rings (SSSR count). The van der Waals surface area contributed by atoms with Gasteiger partial charge in [-0.2, -0.15) is 0 Å². The lowest BCUT2D eigenvalue weighted by Gasteiger charge is -2.47. The van der Waals surface area contributed by atoms with Crippen LogP contribution in [-0.2, 0) is 0 Å². The van der Waals surface area contributed by atoms with E-state index in [0.717, 1.165) is 24.2 Å². The highest BCUT2D eigenvalue weighted by Gasteiger charge is 2.52. The first kappa shape index (κ1) is 16.6. The smallest absolute Gasteiger partial charge is 0.0588 e. The van der Waals surface area contributed by atoms with Crippen molar-refractivity contribution < 1.29 is 5.11 Å². The highest BCUT2D eigenvalue weighted by Crippen LogP contribution is 2.53. The van der Waals surface area contributed by atoms with Crippen LogP contribution in [-0.4, -0.2) is 34.7 Å². The Balaban J connectivity index is 1.45. The maximum Gasteiger partial charge on any atom is 0.0588 e. The second kappa shape index (κ2) is 6.14. The number of benzene rings is 1. The molecular formula is C22H33NO. The van der Waals surface area contributed by atoms with E-state index in [1.165, 1.54) is 37.9 Å². The molecule has 1 N–H and O–H groups in total. The van der Waals surface area contributed by atoms with Crippen LogP contribution in [0, 0.1) is 23.7 Å². The number of nitrogens with zero attached hydrogens (tertiary/aromatic N) is 1. The van der Waals surface area contributed by atoms with Gasteiger partial charge < -0.3 is 5.11 Å². The summed E-state index contributed by atoms with van der Waals surface area (Å²) in [6.07, 6.45) is 4.68. The zero-order chi connectivity index (χ0) is 16.9. The Bertz CT molecular complexity index is 569. The molecule has 2 nitrogen and oxygen atoms in total. The van der Waals surface area contributed by atoms with E-state index >= 15 is 0 Å². The largest absolute Gasteiger partial charge is 0.393 e. The Hall–Kier alpha value is -0.860. The molecule has 1 heterocycles. The molecule has 0 unspecified atom stereocenters. The van der Waals surface area contributed by atoms with E-state index in [1.807, 2.05) is 0 Å². The minimum atomic E-state index is -0.119. The van der Waals surface area contributed by atoms with Crippen LogP contribution in [0.2, 0.25) is 0 Å². The number of hydrogen-bond acceptors (Lipinski definition) is 2. The van der Waals surface area contributed by atoms with Gasteiger partial charge in [-0.05, 0) is 62.3 Å². The molecule has 24 heavy (non-hydrogen) atoms. The molecule has 2 heteroatoms. The minimum Gasteiger partial charge on any atom is -0.393 e. The highest BCUT2D eigenvalue weighted by atomic mass is 16.3. The van der Waals surface area contributed by atoms with Crippen molar-refractivity contribution in [3.63, 3.8) is 0 Å². The van der Waals surface area contributed by atoms with Crippen molar-refractivity contribution in [2.75, 3.05) is 13.1 Å². The summed E-state index contributed by atoms with van der Waals surface area (Å²) in [5, 5.41) is 10.7. The quantitative estimate of drug-likeness (QED) is 0.895. The second-order valence-electron chi connectivity index (χ2n) is 9.33. The first-order chi connectivity index (χ1) is 11.5. The predicted molar refractivity (Wildman–Crippen MR) is 98.9 cm³/mol. The third-order valence-electron chi connectivity index (χ3n) is 7.59. The molecule has 2 aliphatic carbocycles. The van der Waals surface area contributed by atoms with Crippen molar-refractivity contribution in [2.24, 2.45) is 23.7 Å². The van der Waals surface area contributed by atoms with Gasteiger partial charge in [-0.1, -0.05) is 43.7 Å². The van der Waals surface area contributed by atoms with Gasteiger partial charge in [0.15, 0.2) is 0 Å². The average molecular weight is 328 g/mol. The second-order valence-corrected chi connectivity index (χ2v) is 9.33. The maximum absolute atomic E-state index is 10.7. The van der Waals surface area contributed by atoms with Gasteiger partial charge >= 0.3 is 0 Å². The molecule has 132 valence electrons. The minimum absolute atomic E-state index is 0.119. The molecule has 1 aromatic rings. The zero-order valence-electron chi connectivity index (χ0n) is 15.5. The molecule has 0 radical (unpaired) electrons. The topological polar surface area (TPSA) is 23.5 Å². The van der Waals surface area contributed by atoms with Crippen LogP contribution in [0.5, 0.6) is 0 Å². The summed E-state index contributed by atoms with van der Waals surface area (Å²) in [7, 11) is 0. The Morgan fingerprint density at radius 2 is 1.79 bits per heavy atom. The van der Waals surface area contributed by atoms with E-state index in [-0.39, 0.29) is 11.6 Å². The first-order valence-corrected chi connectivity index (χ1v) is 9.95. The maximum atomic E-state index is 10.7.